The van der Waals surface area contributed by atoms with E-state index in [4.69, 9.17) is 4.74 Å². The van der Waals surface area contributed by atoms with Gasteiger partial charge >= 0.3 is 0 Å². The number of hydrogen-bond acceptors (Lipinski definition) is 2. The lowest BCUT2D eigenvalue weighted by molar-refractivity contribution is 0.296. The molecule has 0 amide bonds. The van der Waals surface area contributed by atoms with Gasteiger partial charge in [-0.05, 0) is 37.6 Å². The summed E-state index contributed by atoms with van der Waals surface area (Å²) in [4.78, 5) is 0. The Labute approximate surface area is 136 Å². The van der Waals surface area contributed by atoms with Crippen molar-refractivity contribution in [3.8, 4) is 5.75 Å². The van der Waals surface area contributed by atoms with Crippen molar-refractivity contribution in [1.82, 2.24) is 9.78 Å². The van der Waals surface area contributed by atoms with Crippen molar-refractivity contribution in [2.75, 3.05) is 0 Å². The zero-order valence-corrected chi connectivity index (χ0v) is 14.8. The summed E-state index contributed by atoms with van der Waals surface area (Å²) < 4.78 is 8.92. The lowest BCUT2D eigenvalue weighted by Crippen LogP contribution is -2.06. The molecule has 1 aromatic heterocycles. The molecule has 0 fully saturated rings. The number of alkyl halides is 1. The molecular formula is C15H18Br2N2O. The standard InChI is InChI=1S/C15H18Br2N2O/c1-3-11(2)19-7-6-14(18-19)10-20-15-5-4-13(17)8-12(15)9-16/h4-8,11H,3,9-10H2,1-2H3. The van der Waals surface area contributed by atoms with Gasteiger partial charge in [-0.25, -0.2) is 0 Å². The van der Waals surface area contributed by atoms with Crippen molar-refractivity contribution >= 4 is 31.9 Å². The molecule has 2 aromatic rings. The summed E-state index contributed by atoms with van der Waals surface area (Å²) in [6, 6.07) is 8.46. The van der Waals surface area contributed by atoms with E-state index in [0.29, 0.717) is 12.6 Å². The minimum Gasteiger partial charge on any atom is -0.487 e. The molecule has 0 saturated heterocycles. The molecule has 0 N–H and O–H groups in total. The second-order valence-corrected chi connectivity index (χ2v) is 6.20. The fourth-order valence-corrected chi connectivity index (χ4v) is 2.68. The van der Waals surface area contributed by atoms with Crippen LogP contribution in [0.4, 0.5) is 0 Å². The van der Waals surface area contributed by atoms with Gasteiger partial charge in [0.2, 0.25) is 0 Å². The minimum absolute atomic E-state index is 0.425. The van der Waals surface area contributed by atoms with E-state index < -0.39 is 0 Å². The Hall–Kier alpha value is -0.810. The third kappa shape index (κ3) is 3.85. The third-order valence-electron chi connectivity index (χ3n) is 3.25. The van der Waals surface area contributed by atoms with Crippen molar-refractivity contribution in [3.05, 3.63) is 46.2 Å². The molecule has 0 spiro atoms. The van der Waals surface area contributed by atoms with Crippen LogP contribution in [0.3, 0.4) is 0 Å². The van der Waals surface area contributed by atoms with E-state index >= 15 is 0 Å². The van der Waals surface area contributed by atoms with Gasteiger partial charge in [-0.2, -0.15) is 5.10 Å². The average Bonchev–Trinajstić information content (AvgIpc) is 2.93. The smallest absolute Gasteiger partial charge is 0.132 e. The van der Waals surface area contributed by atoms with Crippen LogP contribution in [0.15, 0.2) is 34.9 Å². The first-order valence-electron chi connectivity index (χ1n) is 6.65. The monoisotopic (exact) mass is 400 g/mol. The van der Waals surface area contributed by atoms with Crippen molar-refractivity contribution in [1.29, 1.82) is 0 Å². The summed E-state index contributed by atoms with van der Waals surface area (Å²) in [6.45, 7) is 4.81. The van der Waals surface area contributed by atoms with Crippen LogP contribution in [0.5, 0.6) is 5.75 Å². The number of benzene rings is 1. The molecule has 1 unspecified atom stereocenters. The second-order valence-electron chi connectivity index (χ2n) is 4.72. The first-order chi connectivity index (χ1) is 9.63. The van der Waals surface area contributed by atoms with Crippen LogP contribution in [0, 0.1) is 0 Å². The first-order valence-corrected chi connectivity index (χ1v) is 8.56. The van der Waals surface area contributed by atoms with Crippen LogP contribution >= 0.6 is 31.9 Å². The van der Waals surface area contributed by atoms with Gasteiger partial charge in [-0.15, -0.1) is 0 Å². The molecule has 0 radical (unpaired) electrons. The highest BCUT2D eigenvalue weighted by Gasteiger charge is 2.07. The Morgan fingerprint density at radius 3 is 2.85 bits per heavy atom. The highest BCUT2D eigenvalue weighted by molar-refractivity contribution is 9.10. The zero-order valence-electron chi connectivity index (χ0n) is 11.6. The number of rotatable bonds is 6. The van der Waals surface area contributed by atoms with Crippen LogP contribution in [-0.2, 0) is 11.9 Å². The minimum atomic E-state index is 0.425. The normalized spacial score (nSPS) is 12.4. The fraction of sp³-hybridized carbons (Fsp3) is 0.400. The number of ether oxygens (including phenoxy) is 1. The van der Waals surface area contributed by atoms with Gasteiger partial charge in [0.05, 0.1) is 5.69 Å². The van der Waals surface area contributed by atoms with Gasteiger partial charge in [0.25, 0.3) is 0 Å². The summed E-state index contributed by atoms with van der Waals surface area (Å²) in [6.07, 6.45) is 3.09. The van der Waals surface area contributed by atoms with E-state index in [0.717, 1.165) is 33.2 Å². The Balaban J connectivity index is 2.03. The summed E-state index contributed by atoms with van der Waals surface area (Å²) in [5, 5.41) is 5.31. The second kappa shape index (κ2) is 7.27. The molecule has 20 heavy (non-hydrogen) atoms. The van der Waals surface area contributed by atoms with Crippen LogP contribution < -0.4 is 4.74 Å². The summed E-state index contributed by atoms with van der Waals surface area (Å²) in [5.41, 5.74) is 2.08. The van der Waals surface area contributed by atoms with Gasteiger partial charge in [0, 0.05) is 27.6 Å². The molecule has 108 valence electrons. The van der Waals surface area contributed by atoms with Gasteiger partial charge in [-0.1, -0.05) is 38.8 Å². The van der Waals surface area contributed by atoms with E-state index in [1.54, 1.807) is 0 Å². The molecule has 1 atom stereocenters. The van der Waals surface area contributed by atoms with Crippen molar-refractivity contribution in [2.24, 2.45) is 0 Å². The van der Waals surface area contributed by atoms with Gasteiger partial charge < -0.3 is 4.74 Å². The average molecular weight is 402 g/mol. The van der Waals surface area contributed by atoms with E-state index in [9.17, 15) is 0 Å². The van der Waals surface area contributed by atoms with E-state index in [1.807, 2.05) is 29.1 Å². The third-order valence-corrected chi connectivity index (χ3v) is 4.35. The van der Waals surface area contributed by atoms with Gasteiger partial charge in [0.15, 0.2) is 0 Å². The van der Waals surface area contributed by atoms with Crippen LogP contribution in [0.2, 0.25) is 0 Å². The maximum absolute atomic E-state index is 5.87. The van der Waals surface area contributed by atoms with E-state index in [1.165, 1.54) is 0 Å². The number of nitrogens with zero attached hydrogens (tertiary/aromatic N) is 2. The topological polar surface area (TPSA) is 27.1 Å². The Kier molecular flexibility index (Phi) is 5.66. The highest BCUT2D eigenvalue weighted by Crippen LogP contribution is 2.26. The van der Waals surface area contributed by atoms with Crippen molar-refractivity contribution in [2.45, 2.75) is 38.2 Å². The number of aromatic nitrogens is 2. The molecule has 0 aliphatic heterocycles. The Morgan fingerprint density at radius 1 is 1.35 bits per heavy atom. The molecule has 3 nitrogen and oxygen atoms in total. The lowest BCUT2D eigenvalue weighted by atomic mass is 10.2. The molecule has 0 bridgehead atoms. The quantitative estimate of drug-likeness (QED) is 0.630. The van der Waals surface area contributed by atoms with Crippen LogP contribution in [-0.4, -0.2) is 9.78 Å². The predicted molar refractivity (Wildman–Crippen MR) is 88.3 cm³/mol. The highest BCUT2D eigenvalue weighted by atomic mass is 79.9. The molecule has 0 aliphatic carbocycles. The van der Waals surface area contributed by atoms with Crippen molar-refractivity contribution < 1.29 is 4.74 Å². The maximum atomic E-state index is 5.87. The number of halogens is 2. The lowest BCUT2D eigenvalue weighted by Gasteiger charge is -2.10. The van der Waals surface area contributed by atoms with Gasteiger partial charge in [-0.3, -0.25) is 4.68 Å². The molecule has 0 saturated carbocycles. The summed E-state index contributed by atoms with van der Waals surface area (Å²) in [5.74, 6) is 0.892. The molecule has 2 rings (SSSR count). The molecular weight excluding hydrogens is 384 g/mol. The van der Waals surface area contributed by atoms with Gasteiger partial charge in [0.1, 0.15) is 12.4 Å². The molecule has 0 aliphatic rings. The molecule has 1 aromatic carbocycles. The Morgan fingerprint density at radius 2 is 2.15 bits per heavy atom. The van der Waals surface area contributed by atoms with E-state index in [2.05, 4.69) is 56.9 Å². The zero-order chi connectivity index (χ0) is 14.5. The molecule has 5 heteroatoms. The van der Waals surface area contributed by atoms with E-state index in [-0.39, 0.29) is 0 Å². The first kappa shape index (κ1) is 15.6. The fourth-order valence-electron chi connectivity index (χ4n) is 1.83. The van der Waals surface area contributed by atoms with Crippen molar-refractivity contribution in [3.63, 3.8) is 0 Å². The largest absolute Gasteiger partial charge is 0.487 e. The predicted octanol–water partition coefficient (Wildman–Crippen LogP) is 5.09. The number of hydrogen-bond donors (Lipinski definition) is 0. The SMILES string of the molecule is CCC(C)n1ccc(COc2ccc(Br)cc2CBr)n1. The molecule has 1 heterocycles. The summed E-state index contributed by atoms with van der Waals surface area (Å²) in [7, 11) is 0. The maximum Gasteiger partial charge on any atom is 0.132 e. The van der Waals surface area contributed by atoms with Crippen LogP contribution in [0.1, 0.15) is 37.6 Å². The summed E-state index contributed by atoms with van der Waals surface area (Å²) >= 11 is 6.95. The Bertz CT molecular complexity index is 569. The van der Waals surface area contributed by atoms with Crippen LogP contribution in [0.25, 0.3) is 0 Å².